The third-order valence-electron chi connectivity index (χ3n) is 3.45. The van der Waals surface area contributed by atoms with E-state index in [2.05, 4.69) is 32.6 Å². The fourth-order valence-corrected chi connectivity index (χ4v) is 2.29. The molecule has 0 amide bonds. The molecule has 0 saturated heterocycles. The van der Waals surface area contributed by atoms with Crippen LogP contribution >= 0.6 is 0 Å². The van der Waals surface area contributed by atoms with Crippen molar-refractivity contribution in [3.8, 4) is 0 Å². The molecule has 0 heterocycles. The van der Waals surface area contributed by atoms with Crippen molar-refractivity contribution in [1.82, 2.24) is 4.90 Å². The highest BCUT2D eigenvalue weighted by Gasteiger charge is 2.30. The molecule has 1 unspecified atom stereocenters. The number of aliphatic hydroxyl groups is 1. The standard InChI is InChI=1S/C16H28N2O/c1-13(2)10-18(14(3)4)11-16(17,12-19)15-8-6-5-7-9-15/h5-9,13-14,19H,10-12,17H2,1-4H3. The molecule has 1 atom stereocenters. The summed E-state index contributed by atoms with van der Waals surface area (Å²) in [6, 6.07) is 10.3. The van der Waals surface area contributed by atoms with E-state index in [-0.39, 0.29) is 6.61 Å². The van der Waals surface area contributed by atoms with Crippen LogP contribution in [0.3, 0.4) is 0 Å². The van der Waals surface area contributed by atoms with Gasteiger partial charge in [-0.25, -0.2) is 0 Å². The third kappa shape index (κ3) is 4.60. The van der Waals surface area contributed by atoms with Crippen LogP contribution in [0.5, 0.6) is 0 Å². The van der Waals surface area contributed by atoms with Crippen molar-refractivity contribution >= 4 is 0 Å². The summed E-state index contributed by atoms with van der Waals surface area (Å²) in [5.41, 5.74) is 6.74. The highest BCUT2D eigenvalue weighted by Crippen LogP contribution is 2.21. The molecule has 19 heavy (non-hydrogen) atoms. The normalized spacial score (nSPS) is 15.2. The molecule has 3 heteroatoms. The van der Waals surface area contributed by atoms with Crippen molar-refractivity contribution in [3.63, 3.8) is 0 Å². The lowest BCUT2D eigenvalue weighted by molar-refractivity contribution is 0.107. The molecule has 0 radical (unpaired) electrons. The molecule has 1 aromatic carbocycles. The summed E-state index contributed by atoms with van der Waals surface area (Å²) in [5.74, 6) is 0.584. The molecule has 0 aliphatic carbocycles. The Hall–Kier alpha value is -0.900. The predicted octanol–water partition coefficient (Wildman–Crippen LogP) is 2.20. The highest BCUT2D eigenvalue weighted by molar-refractivity contribution is 5.24. The molecule has 0 saturated carbocycles. The van der Waals surface area contributed by atoms with Crippen LogP contribution in [0.25, 0.3) is 0 Å². The van der Waals surface area contributed by atoms with Crippen molar-refractivity contribution in [2.45, 2.75) is 39.3 Å². The summed E-state index contributed by atoms with van der Waals surface area (Å²) in [6.07, 6.45) is 0. The molecule has 1 rings (SSSR count). The Kier molecular flexibility index (Phi) is 5.98. The van der Waals surface area contributed by atoms with Crippen LogP contribution in [0.15, 0.2) is 30.3 Å². The topological polar surface area (TPSA) is 49.5 Å². The van der Waals surface area contributed by atoms with Crippen molar-refractivity contribution in [1.29, 1.82) is 0 Å². The zero-order valence-corrected chi connectivity index (χ0v) is 12.6. The minimum atomic E-state index is -0.694. The van der Waals surface area contributed by atoms with Gasteiger partial charge in [0.2, 0.25) is 0 Å². The van der Waals surface area contributed by atoms with E-state index >= 15 is 0 Å². The lowest BCUT2D eigenvalue weighted by Crippen LogP contribution is -2.52. The zero-order chi connectivity index (χ0) is 14.5. The smallest absolute Gasteiger partial charge is 0.0773 e. The van der Waals surface area contributed by atoms with Gasteiger partial charge >= 0.3 is 0 Å². The van der Waals surface area contributed by atoms with Gasteiger partial charge in [0, 0.05) is 19.1 Å². The van der Waals surface area contributed by atoms with Crippen molar-refractivity contribution in [2.24, 2.45) is 11.7 Å². The SMILES string of the molecule is CC(C)CN(CC(N)(CO)c1ccccc1)C(C)C. The van der Waals surface area contributed by atoms with Gasteiger partial charge < -0.3 is 10.8 Å². The molecule has 0 aliphatic rings. The van der Waals surface area contributed by atoms with Crippen molar-refractivity contribution in [2.75, 3.05) is 19.7 Å². The highest BCUT2D eigenvalue weighted by atomic mass is 16.3. The summed E-state index contributed by atoms with van der Waals surface area (Å²) >= 11 is 0. The first-order valence-corrected chi connectivity index (χ1v) is 7.08. The van der Waals surface area contributed by atoms with Gasteiger partial charge in [0.1, 0.15) is 0 Å². The number of nitrogens with two attached hydrogens (primary N) is 1. The molecule has 3 N–H and O–H groups in total. The minimum Gasteiger partial charge on any atom is -0.394 e. The second-order valence-corrected chi connectivity index (χ2v) is 6.10. The van der Waals surface area contributed by atoms with Gasteiger partial charge in [-0.1, -0.05) is 44.2 Å². The number of nitrogens with zero attached hydrogens (tertiary/aromatic N) is 1. The first-order valence-electron chi connectivity index (χ1n) is 7.08. The number of benzene rings is 1. The Morgan fingerprint density at radius 3 is 2.16 bits per heavy atom. The zero-order valence-electron chi connectivity index (χ0n) is 12.6. The van der Waals surface area contributed by atoms with Gasteiger partial charge in [0.05, 0.1) is 12.1 Å². The first-order chi connectivity index (χ1) is 8.89. The molecule has 0 bridgehead atoms. The maximum Gasteiger partial charge on any atom is 0.0773 e. The largest absolute Gasteiger partial charge is 0.394 e. The molecule has 0 aliphatic heterocycles. The van der Waals surface area contributed by atoms with Gasteiger partial charge in [-0.3, -0.25) is 4.90 Å². The number of rotatable bonds is 7. The summed E-state index contributed by atoms with van der Waals surface area (Å²) in [4.78, 5) is 2.34. The Bertz CT molecular complexity index is 364. The van der Waals surface area contributed by atoms with Gasteiger partial charge in [-0.15, -0.1) is 0 Å². The van der Waals surface area contributed by atoms with Crippen LogP contribution in [0.2, 0.25) is 0 Å². The van der Waals surface area contributed by atoms with Gasteiger partial charge in [-0.2, -0.15) is 0 Å². The van der Waals surface area contributed by atoms with Crippen LogP contribution in [0, 0.1) is 5.92 Å². The minimum absolute atomic E-state index is 0.0433. The Morgan fingerprint density at radius 1 is 1.16 bits per heavy atom. The lowest BCUT2D eigenvalue weighted by atomic mass is 9.90. The van der Waals surface area contributed by atoms with Crippen LogP contribution in [-0.2, 0) is 5.54 Å². The molecule has 3 nitrogen and oxygen atoms in total. The van der Waals surface area contributed by atoms with E-state index in [1.54, 1.807) is 0 Å². The molecule has 108 valence electrons. The second-order valence-electron chi connectivity index (χ2n) is 6.10. The fraction of sp³-hybridized carbons (Fsp3) is 0.625. The quantitative estimate of drug-likeness (QED) is 0.794. The molecule has 0 aromatic heterocycles. The van der Waals surface area contributed by atoms with Crippen LogP contribution in [-0.4, -0.2) is 35.7 Å². The van der Waals surface area contributed by atoms with Gasteiger partial charge in [0.15, 0.2) is 0 Å². The van der Waals surface area contributed by atoms with E-state index in [0.29, 0.717) is 18.5 Å². The number of hydrogen-bond donors (Lipinski definition) is 2. The first kappa shape index (κ1) is 16.2. The average Bonchev–Trinajstić information content (AvgIpc) is 2.38. The van der Waals surface area contributed by atoms with E-state index in [1.165, 1.54) is 0 Å². The van der Waals surface area contributed by atoms with E-state index in [0.717, 1.165) is 12.1 Å². The lowest BCUT2D eigenvalue weighted by Gasteiger charge is -2.37. The number of hydrogen-bond acceptors (Lipinski definition) is 3. The molecule has 1 aromatic rings. The fourth-order valence-electron chi connectivity index (χ4n) is 2.29. The molecular formula is C16H28N2O. The Morgan fingerprint density at radius 2 is 1.74 bits per heavy atom. The third-order valence-corrected chi connectivity index (χ3v) is 3.45. The maximum atomic E-state index is 9.75. The number of aliphatic hydroxyl groups excluding tert-OH is 1. The van der Waals surface area contributed by atoms with Crippen LogP contribution in [0.1, 0.15) is 33.3 Å². The van der Waals surface area contributed by atoms with Gasteiger partial charge in [0.25, 0.3) is 0 Å². The van der Waals surface area contributed by atoms with Crippen molar-refractivity contribution < 1.29 is 5.11 Å². The van der Waals surface area contributed by atoms with Gasteiger partial charge in [-0.05, 0) is 25.3 Å². The summed E-state index contributed by atoms with van der Waals surface area (Å²) < 4.78 is 0. The molecule has 0 fully saturated rings. The Labute approximate surface area is 117 Å². The summed E-state index contributed by atoms with van der Waals surface area (Å²) in [7, 11) is 0. The van der Waals surface area contributed by atoms with Crippen LogP contribution in [0.4, 0.5) is 0 Å². The van der Waals surface area contributed by atoms with E-state index in [9.17, 15) is 5.11 Å². The van der Waals surface area contributed by atoms with E-state index in [4.69, 9.17) is 5.73 Å². The summed E-state index contributed by atoms with van der Waals surface area (Å²) in [6.45, 7) is 10.4. The van der Waals surface area contributed by atoms with Crippen LogP contribution < -0.4 is 5.73 Å². The second kappa shape index (κ2) is 7.04. The molecule has 0 spiro atoms. The Balaban J connectivity index is 2.90. The maximum absolute atomic E-state index is 9.75. The predicted molar refractivity (Wildman–Crippen MR) is 80.9 cm³/mol. The summed E-state index contributed by atoms with van der Waals surface area (Å²) in [5, 5.41) is 9.75. The molecular weight excluding hydrogens is 236 g/mol. The monoisotopic (exact) mass is 264 g/mol. The van der Waals surface area contributed by atoms with E-state index in [1.807, 2.05) is 30.3 Å². The average molecular weight is 264 g/mol. The van der Waals surface area contributed by atoms with E-state index < -0.39 is 5.54 Å². The van der Waals surface area contributed by atoms with Crippen molar-refractivity contribution in [3.05, 3.63) is 35.9 Å².